The van der Waals surface area contributed by atoms with Crippen molar-refractivity contribution in [2.24, 2.45) is 5.73 Å². The minimum absolute atomic E-state index is 0.00890. The van der Waals surface area contributed by atoms with E-state index in [1.54, 1.807) is 6.08 Å². The lowest BCUT2D eigenvalue weighted by molar-refractivity contribution is -0.135. The molecule has 0 heterocycles. The Balaban J connectivity index is 0. The van der Waals surface area contributed by atoms with Gasteiger partial charge in [-0.15, -0.1) is 6.58 Å². The second-order valence-electron chi connectivity index (χ2n) is 3.59. The Hall–Kier alpha value is -0.600. The maximum atomic E-state index is 11.6. The Morgan fingerprint density at radius 2 is 1.61 bits per heavy atom. The highest BCUT2D eigenvalue weighted by molar-refractivity contribution is 7.85. The van der Waals surface area contributed by atoms with Crippen molar-refractivity contribution in [2.45, 2.75) is 38.3 Å². The number of nitrogens with two attached hydrogens (primary N) is 1. The Kier molecular flexibility index (Phi) is 11.3. The van der Waals surface area contributed by atoms with Crippen LogP contribution in [0.15, 0.2) is 12.7 Å². The van der Waals surface area contributed by atoms with E-state index < -0.39 is 22.7 Å². The Morgan fingerprint density at radius 1 is 1.17 bits per heavy atom. The molecule has 8 heteroatoms. The van der Waals surface area contributed by atoms with Crippen molar-refractivity contribution in [1.82, 2.24) is 0 Å². The van der Waals surface area contributed by atoms with Gasteiger partial charge in [0.15, 0.2) is 0 Å². The summed E-state index contributed by atoms with van der Waals surface area (Å²) in [5.41, 5.74) is 4.91. The summed E-state index contributed by atoms with van der Waals surface area (Å²) in [6, 6.07) is 0. The molecule has 0 saturated carbocycles. The van der Waals surface area contributed by atoms with E-state index in [1.165, 1.54) is 0 Å². The Bertz CT molecular complexity index is 302. The minimum atomic E-state index is -4.14. The SMILES string of the molecule is C=CCN.O=S(=O)(O)CCCCCCC(F)(F)F. The summed E-state index contributed by atoms with van der Waals surface area (Å²) in [4.78, 5) is 0. The van der Waals surface area contributed by atoms with Gasteiger partial charge in [-0.2, -0.15) is 21.6 Å². The fraction of sp³-hybridized carbons (Fsp3) is 0.800. The topological polar surface area (TPSA) is 80.4 Å². The van der Waals surface area contributed by atoms with Crippen LogP contribution in [-0.2, 0) is 10.1 Å². The molecule has 0 rings (SSSR count). The first-order valence-corrected chi connectivity index (χ1v) is 7.06. The van der Waals surface area contributed by atoms with Crippen molar-refractivity contribution in [3.63, 3.8) is 0 Å². The van der Waals surface area contributed by atoms with Gasteiger partial charge in [-0.25, -0.2) is 0 Å². The lowest BCUT2D eigenvalue weighted by Crippen LogP contribution is -2.07. The van der Waals surface area contributed by atoms with Crippen LogP contribution >= 0.6 is 0 Å². The van der Waals surface area contributed by atoms with Crippen LogP contribution in [0, 0.1) is 0 Å². The molecular weight excluding hydrogens is 271 g/mol. The van der Waals surface area contributed by atoms with Crippen molar-refractivity contribution in [3.8, 4) is 0 Å². The van der Waals surface area contributed by atoms with Gasteiger partial charge in [0, 0.05) is 13.0 Å². The number of halogens is 3. The van der Waals surface area contributed by atoms with Crippen LogP contribution in [0.5, 0.6) is 0 Å². The third kappa shape index (κ3) is 24.6. The predicted molar refractivity (Wildman–Crippen MR) is 64.8 cm³/mol. The van der Waals surface area contributed by atoms with Crippen LogP contribution in [0.2, 0.25) is 0 Å². The molecule has 4 nitrogen and oxygen atoms in total. The van der Waals surface area contributed by atoms with Gasteiger partial charge in [-0.3, -0.25) is 4.55 Å². The van der Waals surface area contributed by atoms with Crippen LogP contribution in [-0.4, -0.2) is 31.4 Å². The van der Waals surface area contributed by atoms with Gasteiger partial charge in [0.25, 0.3) is 10.1 Å². The molecule has 0 aromatic heterocycles. The van der Waals surface area contributed by atoms with Gasteiger partial charge in [-0.1, -0.05) is 18.9 Å². The second kappa shape index (κ2) is 10.3. The second-order valence-corrected chi connectivity index (χ2v) is 5.16. The molecule has 0 bridgehead atoms. The van der Waals surface area contributed by atoms with Crippen LogP contribution in [0.1, 0.15) is 32.1 Å². The predicted octanol–water partition coefficient (Wildman–Crippen LogP) is 2.52. The van der Waals surface area contributed by atoms with E-state index in [0.717, 1.165) is 0 Å². The summed E-state index contributed by atoms with van der Waals surface area (Å²) in [7, 11) is -3.96. The Labute approximate surface area is 106 Å². The van der Waals surface area contributed by atoms with Crippen LogP contribution in [0.4, 0.5) is 13.2 Å². The van der Waals surface area contributed by atoms with Crippen LogP contribution < -0.4 is 5.73 Å². The molecule has 0 aliphatic rings. The number of rotatable bonds is 7. The molecule has 110 valence electrons. The molecule has 0 fully saturated rings. The molecule has 0 aliphatic carbocycles. The molecule has 0 aromatic rings. The van der Waals surface area contributed by atoms with Gasteiger partial charge in [-0.05, 0) is 12.8 Å². The summed E-state index contributed by atoms with van der Waals surface area (Å²) >= 11 is 0. The first kappa shape index (κ1) is 19.7. The summed E-state index contributed by atoms with van der Waals surface area (Å²) < 4.78 is 63.5. The lowest BCUT2D eigenvalue weighted by Gasteiger charge is -2.04. The highest BCUT2D eigenvalue weighted by Crippen LogP contribution is 2.22. The highest BCUT2D eigenvalue weighted by atomic mass is 32.2. The summed E-state index contributed by atoms with van der Waals surface area (Å²) in [5, 5.41) is 0. The third-order valence-corrected chi connectivity index (χ3v) is 2.58. The minimum Gasteiger partial charge on any atom is -0.327 e. The van der Waals surface area contributed by atoms with Crippen molar-refractivity contribution >= 4 is 10.1 Å². The largest absolute Gasteiger partial charge is 0.389 e. The van der Waals surface area contributed by atoms with E-state index in [-0.39, 0.29) is 18.6 Å². The molecule has 0 spiro atoms. The maximum Gasteiger partial charge on any atom is 0.389 e. The van der Waals surface area contributed by atoms with Crippen molar-refractivity contribution < 1.29 is 26.1 Å². The standard InChI is InChI=1S/C7H13F3O3S.C3H7N/c8-7(9,10)5-3-1-2-4-6-14(11,12)13;1-2-3-4/h1-6H2,(H,11,12,13);2H,1,3-4H2. The van der Waals surface area contributed by atoms with E-state index >= 15 is 0 Å². The van der Waals surface area contributed by atoms with E-state index in [1.807, 2.05) is 0 Å². The van der Waals surface area contributed by atoms with Crippen molar-refractivity contribution in [1.29, 1.82) is 0 Å². The zero-order chi connectivity index (χ0) is 14.7. The zero-order valence-electron chi connectivity index (χ0n) is 10.1. The molecule has 0 radical (unpaired) electrons. The number of alkyl halides is 3. The maximum absolute atomic E-state index is 11.6. The molecular formula is C10H20F3NO3S. The number of hydrogen-bond donors (Lipinski definition) is 2. The van der Waals surface area contributed by atoms with Gasteiger partial charge in [0.1, 0.15) is 0 Å². The summed E-state index contributed by atoms with van der Waals surface area (Å²) in [6.07, 6.45) is -2.39. The normalized spacial score (nSPS) is 11.6. The van der Waals surface area contributed by atoms with Gasteiger partial charge in [0.05, 0.1) is 5.75 Å². The van der Waals surface area contributed by atoms with E-state index in [2.05, 4.69) is 6.58 Å². The molecule has 0 aliphatic heterocycles. The average Bonchev–Trinajstić information content (AvgIpc) is 2.20. The van der Waals surface area contributed by atoms with Crippen molar-refractivity contribution in [3.05, 3.63) is 12.7 Å². The smallest absolute Gasteiger partial charge is 0.327 e. The third-order valence-electron chi connectivity index (χ3n) is 1.78. The average molecular weight is 291 g/mol. The monoisotopic (exact) mass is 291 g/mol. The quantitative estimate of drug-likeness (QED) is 0.429. The zero-order valence-corrected chi connectivity index (χ0v) is 10.9. The highest BCUT2D eigenvalue weighted by Gasteiger charge is 2.25. The molecule has 0 aromatic carbocycles. The first-order chi connectivity index (χ1) is 8.12. The van der Waals surface area contributed by atoms with Gasteiger partial charge in [0.2, 0.25) is 0 Å². The molecule has 18 heavy (non-hydrogen) atoms. The van der Waals surface area contributed by atoms with Gasteiger partial charge >= 0.3 is 6.18 Å². The summed E-state index contributed by atoms with van der Waals surface area (Å²) in [5.74, 6) is -0.376. The summed E-state index contributed by atoms with van der Waals surface area (Å²) in [6.45, 7) is 3.94. The van der Waals surface area contributed by atoms with Gasteiger partial charge < -0.3 is 5.73 Å². The van der Waals surface area contributed by atoms with Crippen LogP contribution in [0.3, 0.4) is 0 Å². The van der Waals surface area contributed by atoms with E-state index in [4.69, 9.17) is 10.3 Å². The van der Waals surface area contributed by atoms with Crippen molar-refractivity contribution in [2.75, 3.05) is 12.3 Å². The number of hydrogen-bond acceptors (Lipinski definition) is 3. The molecule has 0 amide bonds. The lowest BCUT2D eigenvalue weighted by atomic mass is 10.1. The Morgan fingerprint density at radius 3 is 1.94 bits per heavy atom. The van der Waals surface area contributed by atoms with E-state index in [0.29, 0.717) is 19.4 Å². The fourth-order valence-corrected chi connectivity index (χ4v) is 1.53. The fourth-order valence-electron chi connectivity index (χ4n) is 0.963. The molecule has 3 N–H and O–H groups in total. The molecule has 0 unspecified atom stereocenters. The number of unbranched alkanes of at least 4 members (excludes halogenated alkanes) is 3. The van der Waals surface area contributed by atoms with Crippen LogP contribution in [0.25, 0.3) is 0 Å². The first-order valence-electron chi connectivity index (χ1n) is 5.45. The molecule has 0 saturated heterocycles. The molecule has 0 atom stereocenters. The van der Waals surface area contributed by atoms with E-state index in [9.17, 15) is 21.6 Å².